The summed E-state index contributed by atoms with van der Waals surface area (Å²) in [5, 5.41) is 9.81. The largest absolute Gasteiger partial charge is 0.493 e. The normalized spacial score (nSPS) is 16.9. The molecular weight excluding hydrogens is 266 g/mol. The first-order chi connectivity index (χ1) is 10.3. The van der Waals surface area contributed by atoms with Gasteiger partial charge in [-0.25, -0.2) is 0 Å². The molecule has 1 aromatic carbocycles. The predicted molar refractivity (Wildman–Crippen MR) is 79.4 cm³/mol. The van der Waals surface area contributed by atoms with Gasteiger partial charge in [0.15, 0.2) is 0 Å². The monoisotopic (exact) mass is 285 g/mol. The first kappa shape index (κ1) is 13.7. The van der Waals surface area contributed by atoms with Gasteiger partial charge in [-0.2, -0.15) is 5.10 Å². The average molecular weight is 285 g/mol. The van der Waals surface area contributed by atoms with Crippen molar-refractivity contribution in [2.24, 2.45) is 5.92 Å². The number of hydrogen-bond acceptors (Lipinski definition) is 3. The highest BCUT2D eigenvalue weighted by Crippen LogP contribution is 2.26. The summed E-state index contributed by atoms with van der Waals surface area (Å²) in [6.07, 6.45) is 1.77. The molecule has 2 aromatic rings. The van der Waals surface area contributed by atoms with Crippen LogP contribution >= 0.6 is 0 Å². The number of aromatic amines is 1. The number of carbonyl (C=O) groups is 1. The van der Waals surface area contributed by atoms with E-state index in [0.717, 1.165) is 24.3 Å². The SMILES string of the molecule is CCc1cc(C(=O)NC[C@H]2COc3ccccc3C2)n[nH]1. The molecule has 3 rings (SSSR count). The number of amides is 1. The van der Waals surface area contributed by atoms with E-state index in [1.807, 2.05) is 25.1 Å². The van der Waals surface area contributed by atoms with Crippen LogP contribution in [0.5, 0.6) is 5.75 Å². The van der Waals surface area contributed by atoms with Crippen LogP contribution in [-0.4, -0.2) is 29.3 Å². The van der Waals surface area contributed by atoms with Crippen LogP contribution in [0.2, 0.25) is 0 Å². The fourth-order valence-electron chi connectivity index (χ4n) is 2.51. The first-order valence-electron chi connectivity index (χ1n) is 7.29. The highest BCUT2D eigenvalue weighted by atomic mass is 16.5. The number of para-hydroxylation sites is 1. The van der Waals surface area contributed by atoms with Crippen molar-refractivity contribution in [3.63, 3.8) is 0 Å². The molecule has 1 aromatic heterocycles. The summed E-state index contributed by atoms with van der Waals surface area (Å²) in [7, 11) is 0. The molecule has 0 unspecified atom stereocenters. The summed E-state index contributed by atoms with van der Waals surface area (Å²) >= 11 is 0. The minimum Gasteiger partial charge on any atom is -0.493 e. The Morgan fingerprint density at radius 2 is 2.33 bits per heavy atom. The van der Waals surface area contributed by atoms with Crippen LogP contribution in [-0.2, 0) is 12.8 Å². The second kappa shape index (κ2) is 5.99. The van der Waals surface area contributed by atoms with E-state index in [2.05, 4.69) is 21.6 Å². The third-order valence-electron chi connectivity index (χ3n) is 3.75. The topological polar surface area (TPSA) is 67.0 Å². The number of aryl methyl sites for hydroxylation is 1. The Balaban J connectivity index is 1.55. The summed E-state index contributed by atoms with van der Waals surface area (Å²) in [6.45, 7) is 3.26. The molecule has 1 aliphatic rings. The zero-order valence-electron chi connectivity index (χ0n) is 12.1. The predicted octanol–water partition coefficient (Wildman–Crippen LogP) is 1.95. The third kappa shape index (κ3) is 3.07. The quantitative estimate of drug-likeness (QED) is 0.902. The Bertz CT molecular complexity index is 636. The number of nitrogens with zero attached hydrogens (tertiary/aromatic N) is 1. The maximum absolute atomic E-state index is 12.0. The Kier molecular flexibility index (Phi) is 3.90. The molecular formula is C16H19N3O2. The van der Waals surface area contributed by atoms with Crippen molar-refractivity contribution in [2.45, 2.75) is 19.8 Å². The lowest BCUT2D eigenvalue weighted by Gasteiger charge is -2.25. The highest BCUT2D eigenvalue weighted by Gasteiger charge is 2.20. The van der Waals surface area contributed by atoms with Crippen molar-refractivity contribution in [1.29, 1.82) is 0 Å². The van der Waals surface area contributed by atoms with Gasteiger partial charge in [0.1, 0.15) is 11.4 Å². The summed E-state index contributed by atoms with van der Waals surface area (Å²) < 4.78 is 5.72. The van der Waals surface area contributed by atoms with Crippen molar-refractivity contribution in [1.82, 2.24) is 15.5 Å². The Labute approximate surface area is 123 Å². The summed E-state index contributed by atoms with van der Waals surface area (Å²) in [6, 6.07) is 9.84. The molecule has 5 nitrogen and oxygen atoms in total. The Hall–Kier alpha value is -2.30. The number of ether oxygens (including phenoxy) is 1. The zero-order valence-corrected chi connectivity index (χ0v) is 12.1. The molecule has 110 valence electrons. The van der Waals surface area contributed by atoms with Crippen molar-refractivity contribution in [3.8, 4) is 5.75 Å². The van der Waals surface area contributed by atoms with E-state index in [9.17, 15) is 4.79 Å². The van der Waals surface area contributed by atoms with Gasteiger partial charge in [-0.3, -0.25) is 9.89 Å². The molecule has 1 aliphatic heterocycles. The molecule has 0 fully saturated rings. The lowest BCUT2D eigenvalue weighted by Crippen LogP contribution is -2.34. The standard InChI is InChI=1S/C16H19N3O2/c1-2-13-8-14(19-18-13)16(20)17-9-11-7-12-5-3-4-6-15(12)21-10-11/h3-6,8,11H,2,7,9-10H2,1H3,(H,17,20)(H,18,19)/t11-/m0/s1. The fraction of sp³-hybridized carbons (Fsp3) is 0.375. The van der Waals surface area contributed by atoms with E-state index in [0.29, 0.717) is 24.8 Å². The van der Waals surface area contributed by atoms with Gasteiger partial charge in [0.05, 0.1) is 6.61 Å². The van der Waals surface area contributed by atoms with E-state index in [1.165, 1.54) is 5.56 Å². The number of nitrogens with one attached hydrogen (secondary N) is 2. The van der Waals surface area contributed by atoms with Gasteiger partial charge in [0.25, 0.3) is 5.91 Å². The first-order valence-corrected chi connectivity index (χ1v) is 7.29. The van der Waals surface area contributed by atoms with Gasteiger partial charge in [-0.1, -0.05) is 25.1 Å². The van der Waals surface area contributed by atoms with Gasteiger partial charge >= 0.3 is 0 Å². The zero-order chi connectivity index (χ0) is 14.7. The minimum atomic E-state index is -0.134. The van der Waals surface area contributed by atoms with Crippen LogP contribution in [0.3, 0.4) is 0 Å². The number of benzene rings is 1. The average Bonchev–Trinajstić information content (AvgIpc) is 3.01. The maximum atomic E-state index is 12.0. The van der Waals surface area contributed by atoms with Gasteiger partial charge in [0.2, 0.25) is 0 Å². The van der Waals surface area contributed by atoms with Gasteiger partial charge in [-0.15, -0.1) is 0 Å². The number of rotatable bonds is 4. The van der Waals surface area contributed by atoms with Crippen molar-refractivity contribution < 1.29 is 9.53 Å². The van der Waals surface area contributed by atoms with E-state index < -0.39 is 0 Å². The number of hydrogen-bond donors (Lipinski definition) is 2. The van der Waals surface area contributed by atoms with Crippen LogP contribution in [0.15, 0.2) is 30.3 Å². The van der Waals surface area contributed by atoms with Crippen LogP contribution in [0, 0.1) is 5.92 Å². The van der Waals surface area contributed by atoms with E-state index in [-0.39, 0.29) is 5.91 Å². The second-order valence-corrected chi connectivity index (χ2v) is 5.33. The molecule has 0 bridgehead atoms. The molecule has 21 heavy (non-hydrogen) atoms. The van der Waals surface area contributed by atoms with Crippen LogP contribution < -0.4 is 10.1 Å². The number of H-pyrrole nitrogens is 1. The molecule has 0 saturated carbocycles. The molecule has 2 heterocycles. The van der Waals surface area contributed by atoms with Gasteiger partial charge in [-0.05, 0) is 30.5 Å². The smallest absolute Gasteiger partial charge is 0.271 e. The Morgan fingerprint density at radius 3 is 3.14 bits per heavy atom. The highest BCUT2D eigenvalue weighted by molar-refractivity contribution is 5.92. The van der Waals surface area contributed by atoms with E-state index in [4.69, 9.17) is 4.74 Å². The van der Waals surface area contributed by atoms with Crippen LogP contribution in [0.1, 0.15) is 28.7 Å². The minimum absolute atomic E-state index is 0.134. The van der Waals surface area contributed by atoms with Crippen LogP contribution in [0.25, 0.3) is 0 Å². The Morgan fingerprint density at radius 1 is 1.48 bits per heavy atom. The third-order valence-corrected chi connectivity index (χ3v) is 3.75. The summed E-state index contributed by atoms with van der Waals surface area (Å²) in [5.41, 5.74) is 2.62. The molecule has 0 aliphatic carbocycles. The molecule has 1 atom stereocenters. The van der Waals surface area contributed by atoms with E-state index >= 15 is 0 Å². The molecule has 1 amide bonds. The van der Waals surface area contributed by atoms with Gasteiger partial charge < -0.3 is 10.1 Å². The van der Waals surface area contributed by atoms with Crippen molar-refractivity contribution in [2.75, 3.05) is 13.2 Å². The fourth-order valence-corrected chi connectivity index (χ4v) is 2.51. The summed E-state index contributed by atoms with van der Waals surface area (Å²) in [5.74, 6) is 1.12. The molecule has 0 radical (unpaired) electrons. The summed E-state index contributed by atoms with van der Waals surface area (Å²) in [4.78, 5) is 12.0. The van der Waals surface area contributed by atoms with Crippen molar-refractivity contribution >= 4 is 5.91 Å². The van der Waals surface area contributed by atoms with Crippen LogP contribution in [0.4, 0.5) is 0 Å². The van der Waals surface area contributed by atoms with Crippen molar-refractivity contribution in [3.05, 3.63) is 47.3 Å². The molecule has 5 heteroatoms. The molecule has 0 saturated heterocycles. The lowest BCUT2D eigenvalue weighted by molar-refractivity contribution is 0.0934. The molecule has 2 N–H and O–H groups in total. The molecule has 0 spiro atoms. The lowest BCUT2D eigenvalue weighted by atomic mass is 9.97. The second-order valence-electron chi connectivity index (χ2n) is 5.33. The van der Waals surface area contributed by atoms with Gasteiger partial charge in [0, 0.05) is 18.2 Å². The number of aromatic nitrogens is 2. The van der Waals surface area contributed by atoms with E-state index in [1.54, 1.807) is 6.07 Å². The number of carbonyl (C=O) groups excluding carboxylic acids is 1. The maximum Gasteiger partial charge on any atom is 0.271 e. The number of fused-ring (bicyclic) bond motifs is 1.